The molecule has 10 rings (SSSR count). The van der Waals surface area contributed by atoms with Gasteiger partial charge in [0.15, 0.2) is 0 Å². The molecule has 2 unspecified atom stereocenters. The van der Waals surface area contributed by atoms with E-state index in [-0.39, 0.29) is 48.2 Å². The number of aliphatic hydroxyl groups is 1. The van der Waals surface area contributed by atoms with Crippen molar-refractivity contribution in [3.05, 3.63) is 192 Å². The fourth-order valence-electron chi connectivity index (χ4n) is 9.10. The maximum Gasteiger partial charge on any atom is 1.00 e. The molecule has 4 aliphatic rings. The summed E-state index contributed by atoms with van der Waals surface area (Å²) in [6, 6.07) is 51.3. The maximum absolute atomic E-state index is 13.8. The number of β-amino-alcohol motifs (C(OH)–C–C–N with tert-alkyl or cyclic N) is 1. The van der Waals surface area contributed by atoms with Gasteiger partial charge in [-0.1, -0.05) is 125 Å². The van der Waals surface area contributed by atoms with Gasteiger partial charge >= 0.3 is 29.6 Å². The Kier molecular flexibility index (Phi) is 27.3. The molecular weight excluding hydrogens is 1030 g/mol. The number of ketones is 1. The van der Waals surface area contributed by atoms with Crippen molar-refractivity contribution >= 4 is 21.7 Å². The SMILES string of the molecule is CCOCC.Fc1ccccc1CBr.O=C1CCN(CCOc2ccccc2)C1.OC1(Cc2ccccc2F)CCN(CCOc2ccccc2)C1.[H-].[Na+].c1ccc(OCCN2CCC3(Cc4ccccc4O3)C2)cc1. The molecule has 75 heavy (non-hydrogen) atoms. The van der Waals surface area contributed by atoms with E-state index in [1.807, 2.05) is 117 Å². The Morgan fingerprint density at radius 2 is 1.07 bits per heavy atom. The van der Waals surface area contributed by atoms with Crippen molar-refractivity contribution in [2.45, 2.75) is 62.5 Å². The van der Waals surface area contributed by atoms with Crippen LogP contribution in [0.1, 0.15) is 51.2 Å². The zero-order valence-corrected chi connectivity index (χ0v) is 47.7. The van der Waals surface area contributed by atoms with Crippen LogP contribution in [0.25, 0.3) is 0 Å². The van der Waals surface area contributed by atoms with Crippen molar-refractivity contribution < 1.29 is 73.4 Å². The minimum absolute atomic E-state index is 0. The van der Waals surface area contributed by atoms with Crippen LogP contribution in [0.3, 0.4) is 0 Å². The zero-order chi connectivity index (χ0) is 52.3. The van der Waals surface area contributed by atoms with Crippen LogP contribution in [0.2, 0.25) is 0 Å². The quantitative estimate of drug-likeness (QED) is 0.0712. The van der Waals surface area contributed by atoms with Gasteiger partial charge in [0, 0.05) is 96.6 Å². The molecule has 1 spiro atoms. The number of nitrogens with zero attached hydrogens (tertiary/aromatic N) is 3. The third-order valence-electron chi connectivity index (χ3n) is 13.0. The molecule has 0 saturated carbocycles. The summed E-state index contributed by atoms with van der Waals surface area (Å²) in [6.07, 6.45) is 3.86. The molecule has 0 amide bonds. The molecular formula is C61H75BrF2N3NaO7. The molecule has 2 atom stereocenters. The molecule has 4 aliphatic heterocycles. The molecule has 4 heterocycles. The van der Waals surface area contributed by atoms with Crippen molar-refractivity contribution in [3.8, 4) is 23.0 Å². The summed E-state index contributed by atoms with van der Waals surface area (Å²) >= 11 is 3.17. The Labute approximate surface area is 476 Å². The fourth-order valence-corrected chi connectivity index (χ4v) is 9.56. The van der Waals surface area contributed by atoms with E-state index in [1.165, 1.54) is 17.7 Å². The number of rotatable bonds is 17. The number of halogens is 3. The molecule has 0 aliphatic carbocycles. The topological polar surface area (TPSA) is 93.2 Å². The molecule has 3 saturated heterocycles. The van der Waals surface area contributed by atoms with E-state index in [2.05, 4.69) is 54.9 Å². The Balaban J connectivity index is 0.000000219. The van der Waals surface area contributed by atoms with Crippen LogP contribution in [0.5, 0.6) is 23.0 Å². The molecule has 3 fully saturated rings. The second-order valence-electron chi connectivity index (χ2n) is 18.7. The normalized spacial score (nSPS) is 18.6. The number of ether oxygens (including phenoxy) is 5. The monoisotopic (exact) mass is 1100 g/mol. The van der Waals surface area contributed by atoms with Gasteiger partial charge in [0.05, 0.1) is 12.1 Å². The van der Waals surface area contributed by atoms with E-state index in [9.17, 15) is 18.7 Å². The number of benzene rings is 6. The summed E-state index contributed by atoms with van der Waals surface area (Å²) < 4.78 is 54.5. The summed E-state index contributed by atoms with van der Waals surface area (Å²) in [4.78, 5) is 17.8. The molecule has 0 aromatic heterocycles. The van der Waals surface area contributed by atoms with E-state index in [0.29, 0.717) is 67.8 Å². The fraction of sp³-hybridized carbons (Fsp3) is 0.393. The first-order valence-corrected chi connectivity index (χ1v) is 27.0. The van der Waals surface area contributed by atoms with Crippen molar-refractivity contribution in [1.29, 1.82) is 0 Å². The van der Waals surface area contributed by atoms with E-state index >= 15 is 0 Å². The first-order valence-electron chi connectivity index (χ1n) is 25.9. The van der Waals surface area contributed by atoms with Crippen LogP contribution in [0, 0.1) is 11.6 Å². The average molecular weight is 1100 g/mol. The Hall–Kier alpha value is -4.67. The minimum Gasteiger partial charge on any atom is -1.00 e. The molecule has 1 N–H and O–H groups in total. The summed E-state index contributed by atoms with van der Waals surface area (Å²) in [5.41, 5.74) is 1.78. The maximum atomic E-state index is 13.8. The predicted molar refractivity (Wildman–Crippen MR) is 295 cm³/mol. The van der Waals surface area contributed by atoms with Gasteiger partial charge in [-0.3, -0.25) is 19.5 Å². The third kappa shape index (κ3) is 21.7. The van der Waals surface area contributed by atoms with Crippen LogP contribution >= 0.6 is 15.9 Å². The van der Waals surface area contributed by atoms with E-state index in [0.717, 1.165) is 101 Å². The number of likely N-dealkylation sites (tertiary alicyclic amines) is 3. The van der Waals surface area contributed by atoms with Crippen molar-refractivity contribution in [2.24, 2.45) is 0 Å². The molecule has 0 bridgehead atoms. The largest absolute Gasteiger partial charge is 1.00 e. The number of Topliss-reactive ketones (excluding diaryl/α,β-unsaturated/α-hetero) is 1. The summed E-state index contributed by atoms with van der Waals surface area (Å²) in [6.45, 7) is 15.1. The first kappa shape index (κ1) is 61.2. The van der Waals surface area contributed by atoms with Gasteiger partial charge in [0.25, 0.3) is 0 Å². The molecule has 398 valence electrons. The van der Waals surface area contributed by atoms with Crippen LogP contribution in [0.15, 0.2) is 164 Å². The van der Waals surface area contributed by atoms with Gasteiger partial charge in [-0.05, 0) is 91.6 Å². The van der Waals surface area contributed by atoms with E-state index < -0.39 is 5.60 Å². The number of carbonyl (C=O) groups is 1. The summed E-state index contributed by atoms with van der Waals surface area (Å²) in [7, 11) is 0. The smallest absolute Gasteiger partial charge is 1.00 e. The second-order valence-corrected chi connectivity index (χ2v) is 19.2. The number of hydrogen-bond donors (Lipinski definition) is 1. The Bertz CT molecular complexity index is 2500. The van der Waals surface area contributed by atoms with Gasteiger partial charge in [0.2, 0.25) is 0 Å². The third-order valence-corrected chi connectivity index (χ3v) is 13.6. The van der Waals surface area contributed by atoms with Crippen LogP contribution in [-0.2, 0) is 27.7 Å². The van der Waals surface area contributed by atoms with Crippen molar-refractivity contribution in [3.63, 3.8) is 0 Å². The number of para-hydroxylation sites is 4. The van der Waals surface area contributed by atoms with Crippen molar-refractivity contribution in [1.82, 2.24) is 14.7 Å². The Morgan fingerprint density at radius 1 is 0.600 bits per heavy atom. The van der Waals surface area contributed by atoms with Crippen LogP contribution in [-0.4, -0.2) is 129 Å². The average Bonchev–Trinajstić information content (AvgIpc) is 4.24. The van der Waals surface area contributed by atoms with Crippen LogP contribution in [0.4, 0.5) is 8.78 Å². The standard InChI is InChI=1S/C19H22FNO2.C19H21NO2.C12H15NO2.C7H6BrF.C4H10O.Na.H/c20-18-9-5-4-6-16(18)14-19(22)10-11-21(15-19)12-13-23-17-7-2-1-3-8-17;1-2-7-17(8-3-1)21-13-12-20-11-10-19(15-20)14-16-6-4-5-9-18(16)22-19;14-11-6-7-13(10-11)8-9-15-12-4-2-1-3-5-12;8-5-6-3-1-2-4-7(6)9;1-3-5-4-2;;/h1-9,22H,10-15H2;1-9H,10-15H2;1-5H,6-10H2;1-4H,5H2;3-4H2,1-2H3;;/q;;;;;+1;-1. The first-order chi connectivity index (χ1) is 36.1. The second kappa shape index (κ2) is 33.5. The number of carbonyl (C=O) groups excluding carboxylic acids is 1. The summed E-state index contributed by atoms with van der Waals surface area (Å²) in [5.74, 6) is 3.72. The Morgan fingerprint density at radius 3 is 1.53 bits per heavy atom. The van der Waals surface area contributed by atoms with E-state index in [1.54, 1.807) is 24.3 Å². The van der Waals surface area contributed by atoms with Crippen LogP contribution < -0.4 is 48.5 Å². The molecule has 10 nitrogen and oxygen atoms in total. The molecule has 6 aromatic carbocycles. The van der Waals surface area contributed by atoms with Gasteiger partial charge < -0.3 is 30.2 Å². The van der Waals surface area contributed by atoms with Gasteiger partial charge in [-0.15, -0.1) is 0 Å². The van der Waals surface area contributed by atoms with Gasteiger partial charge in [-0.25, -0.2) is 8.78 Å². The van der Waals surface area contributed by atoms with Gasteiger partial charge in [0.1, 0.15) is 65.8 Å². The number of alkyl halides is 1. The van der Waals surface area contributed by atoms with Crippen molar-refractivity contribution in [2.75, 3.05) is 91.9 Å². The van der Waals surface area contributed by atoms with E-state index in [4.69, 9.17) is 23.7 Å². The minimum atomic E-state index is -0.852. The molecule has 6 aromatic rings. The summed E-state index contributed by atoms with van der Waals surface area (Å²) in [5, 5.41) is 11.3. The van der Waals surface area contributed by atoms with Gasteiger partial charge in [-0.2, -0.15) is 0 Å². The number of hydrogen-bond acceptors (Lipinski definition) is 10. The molecule has 14 heteroatoms. The zero-order valence-electron chi connectivity index (χ0n) is 45.1. The molecule has 0 radical (unpaired) electrons. The number of fused-ring (bicyclic) bond motifs is 1. The predicted octanol–water partition coefficient (Wildman–Crippen LogP) is 8.25.